The molecule has 1 aliphatic rings. The SMILES string of the molecule is CC(C)c1ccccc1-c1ccnc(-n2c3[c-]c(N(c4[c-]c(N5CN(C(C)C)c6ccccc65)ccc4)c4c(-c5ccccc5)cccc4-c4ccccc4)ccc3c3ccccc32)c1.[Pt+2]. The summed E-state index contributed by atoms with van der Waals surface area (Å²) in [4.78, 5) is 12.3. The molecule has 324 valence electrons. The maximum atomic E-state index is 5.09. The summed E-state index contributed by atoms with van der Waals surface area (Å²) in [5.41, 5.74) is 16.4. The van der Waals surface area contributed by atoms with Gasteiger partial charge in [0.2, 0.25) is 0 Å². The molecule has 0 saturated carbocycles. The maximum absolute atomic E-state index is 5.09. The van der Waals surface area contributed by atoms with E-state index in [4.69, 9.17) is 4.98 Å². The van der Waals surface area contributed by atoms with Crippen LogP contribution < -0.4 is 14.7 Å². The van der Waals surface area contributed by atoms with E-state index in [-0.39, 0.29) is 21.1 Å². The van der Waals surface area contributed by atoms with Gasteiger partial charge in [0.25, 0.3) is 0 Å². The van der Waals surface area contributed by atoms with Crippen molar-refractivity contribution >= 4 is 55.9 Å². The Morgan fingerprint density at radius 3 is 1.88 bits per heavy atom. The number of rotatable bonds is 10. The van der Waals surface area contributed by atoms with Crippen molar-refractivity contribution in [1.29, 1.82) is 0 Å². The van der Waals surface area contributed by atoms with Crippen LogP contribution in [0.25, 0.3) is 61.0 Å². The Kier molecular flexibility index (Phi) is 11.6. The number of hydrogen-bond acceptors (Lipinski definition) is 4. The van der Waals surface area contributed by atoms with Crippen LogP contribution in [0.4, 0.5) is 34.1 Å². The van der Waals surface area contributed by atoms with Gasteiger partial charge in [0.05, 0.1) is 23.7 Å². The van der Waals surface area contributed by atoms with Crippen LogP contribution in [0, 0.1) is 12.1 Å². The van der Waals surface area contributed by atoms with Crippen LogP contribution >= 0.6 is 0 Å². The van der Waals surface area contributed by atoms with Gasteiger partial charge in [0.1, 0.15) is 5.82 Å². The van der Waals surface area contributed by atoms with E-state index in [0.717, 1.165) is 84.9 Å². The minimum atomic E-state index is 0. The van der Waals surface area contributed by atoms with E-state index in [1.807, 2.05) is 6.20 Å². The predicted molar refractivity (Wildman–Crippen MR) is 272 cm³/mol. The smallest absolute Gasteiger partial charge is 0.357 e. The average Bonchev–Trinajstić information content (AvgIpc) is 3.91. The van der Waals surface area contributed by atoms with Crippen LogP contribution in [0.15, 0.2) is 200 Å². The van der Waals surface area contributed by atoms with E-state index in [1.54, 1.807) is 0 Å². The summed E-state index contributed by atoms with van der Waals surface area (Å²) >= 11 is 0. The second-order valence-electron chi connectivity index (χ2n) is 17.4. The number of nitrogens with zero attached hydrogens (tertiary/aromatic N) is 5. The van der Waals surface area contributed by atoms with Crippen LogP contribution in [0.3, 0.4) is 0 Å². The van der Waals surface area contributed by atoms with E-state index in [2.05, 4.69) is 253 Å². The standard InChI is InChI=1S/C60H49N5.Pt/c1-41(2)49-25-11-12-26-50(49)45-35-36-61-59(37-45)65-55-30-14-13-27-53(55)54-34-33-48(39-58(54)65)64(47-24-17-23-46(38-47)63-40-62(42(3)4)56-31-15-16-32-57(56)63)60-51(43-19-7-5-8-20-43)28-18-29-52(60)44-21-9-6-10-22-44;/h5-37,41-42H,40H2,1-4H3;/q-2;+2. The van der Waals surface area contributed by atoms with Crippen LogP contribution in [0.2, 0.25) is 0 Å². The van der Waals surface area contributed by atoms with Gasteiger partial charge in [-0.3, -0.25) is 0 Å². The summed E-state index contributed by atoms with van der Waals surface area (Å²) in [5, 5.41) is 2.26. The molecular formula is C60H49N5Pt. The first kappa shape index (κ1) is 42.7. The summed E-state index contributed by atoms with van der Waals surface area (Å²) in [5.74, 6) is 1.22. The number of aromatic nitrogens is 2. The Labute approximate surface area is 402 Å². The monoisotopic (exact) mass is 1030 g/mol. The number of anilines is 6. The van der Waals surface area contributed by atoms with Gasteiger partial charge in [-0.15, -0.1) is 35.7 Å². The van der Waals surface area contributed by atoms with Crippen molar-refractivity contribution in [2.45, 2.75) is 39.7 Å². The molecule has 8 aromatic carbocycles. The summed E-state index contributed by atoms with van der Waals surface area (Å²) < 4.78 is 2.29. The molecule has 3 heterocycles. The molecule has 0 fully saturated rings. The number of hydrogen-bond donors (Lipinski definition) is 0. The molecule has 0 amide bonds. The molecule has 0 unspecified atom stereocenters. The van der Waals surface area contributed by atoms with Crippen LogP contribution in [-0.4, -0.2) is 22.3 Å². The fourth-order valence-electron chi connectivity index (χ4n) is 9.70. The fourth-order valence-corrected chi connectivity index (χ4v) is 9.70. The molecule has 6 heteroatoms. The van der Waals surface area contributed by atoms with Gasteiger partial charge in [-0.2, -0.15) is 12.1 Å². The van der Waals surface area contributed by atoms with Gasteiger partial charge in [-0.1, -0.05) is 170 Å². The Hall–Kier alpha value is -7.20. The zero-order valence-electron chi connectivity index (χ0n) is 37.5. The average molecular weight is 1040 g/mol. The van der Waals surface area contributed by atoms with E-state index in [1.165, 1.54) is 22.5 Å². The normalized spacial score (nSPS) is 12.3. The first-order valence-electron chi connectivity index (χ1n) is 22.6. The van der Waals surface area contributed by atoms with Gasteiger partial charge in [0.15, 0.2) is 0 Å². The first-order chi connectivity index (χ1) is 31.9. The molecule has 0 bridgehead atoms. The molecule has 0 saturated heterocycles. The Morgan fingerprint density at radius 1 is 0.530 bits per heavy atom. The number of fused-ring (bicyclic) bond motifs is 4. The van der Waals surface area contributed by atoms with E-state index in [9.17, 15) is 0 Å². The molecule has 66 heavy (non-hydrogen) atoms. The Bertz CT molecular complexity index is 3280. The molecule has 2 aromatic heterocycles. The van der Waals surface area contributed by atoms with Gasteiger partial charge < -0.3 is 19.3 Å². The van der Waals surface area contributed by atoms with Gasteiger partial charge in [0, 0.05) is 28.9 Å². The van der Waals surface area contributed by atoms with Crippen molar-refractivity contribution in [2.24, 2.45) is 0 Å². The summed E-state index contributed by atoms with van der Waals surface area (Å²) in [6.07, 6.45) is 1.94. The second kappa shape index (κ2) is 18.0. The molecule has 5 nitrogen and oxygen atoms in total. The van der Waals surface area contributed by atoms with Gasteiger partial charge in [-0.25, -0.2) is 4.98 Å². The topological polar surface area (TPSA) is 27.5 Å². The van der Waals surface area contributed by atoms with Crippen molar-refractivity contribution in [3.05, 3.63) is 218 Å². The second-order valence-corrected chi connectivity index (χ2v) is 17.4. The Morgan fingerprint density at radius 2 is 1.15 bits per heavy atom. The molecule has 0 aliphatic carbocycles. The van der Waals surface area contributed by atoms with Crippen molar-refractivity contribution in [3.63, 3.8) is 0 Å². The minimum Gasteiger partial charge on any atom is -0.357 e. The first-order valence-corrected chi connectivity index (χ1v) is 22.6. The van der Waals surface area contributed by atoms with E-state index >= 15 is 0 Å². The number of benzene rings is 8. The third-order valence-electron chi connectivity index (χ3n) is 12.8. The van der Waals surface area contributed by atoms with Crippen molar-refractivity contribution in [3.8, 4) is 39.2 Å². The summed E-state index contributed by atoms with van der Waals surface area (Å²) in [6.45, 7) is 9.77. The van der Waals surface area contributed by atoms with E-state index in [0.29, 0.717) is 12.0 Å². The Balaban J connectivity index is 0.00000511. The zero-order valence-corrected chi connectivity index (χ0v) is 39.7. The number of pyridine rings is 1. The summed E-state index contributed by atoms with van der Waals surface area (Å²) in [6, 6.07) is 78.0. The van der Waals surface area contributed by atoms with Crippen LogP contribution in [-0.2, 0) is 21.1 Å². The number of para-hydroxylation sites is 4. The zero-order chi connectivity index (χ0) is 44.0. The van der Waals surface area contributed by atoms with Gasteiger partial charge >= 0.3 is 21.1 Å². The molecule has 1 aliphatic heterocycles. The molecule has 0 spiro atoms. The summed E-state index contributed by atoms with van der Waals surface area (Å²) in [7, 11) is 0. The molecule has 10 aromatic rings. The largest absolute Gasteiger partial charge is 2.00 e. The third-order valence-corrected chi connectivity index (χ3v) is 12.8. The van der Waals surface area contributed by atoms with E-state index < -0.39 is 0 Å². The maximum Gasteiger partial charge on any atom is 2.00 e. The van der Waals surface area contributed by atoms with Gasteiger partial charge in [-0.05, 0) is 83.3 Å². The minimum absolute atomic E-state index is 0. The molecular weight excluding hydrogens is 986 g/mol. The fraction of sp³-hybridized carbons (Fsp3) is 0.117. The van der Waals surface area contributed by atoms with Crippen LogP contribution in [0.5, 0.6) is 0 Å². The molecule has 0 atom stereocenters. The molecule has 11 rings (SSSR count). The van der Waals surface area contributed by atoms with Crippen molar-refractivity contribution < 1.29 is 21.1 Å². The van der Waals surface area contributed by atoms with Crippen LogP contribution in [0.1, 0.15) is 39.2 Å². The molecule has 0 radical (unpaired) electrons. The third kappa shape index (κ3) is 7.57. The quantitative estimate of drug-likeness (QED) is 0.128. The van der Waals surface area contributed by atoms with Crippen molar-refractivity contribution in [1.82, 2.24) is 9.55 Å². The predicted octanol–water partition coefficient (Wildman–Crippen LogP) is 15.7. The van der Waals surface area contributed by atoms with Crippen molar-refractivity contribution in [2.75, 3.05) is 21.4 Å². The molecule has 0 N–H and O–H groups in total.